The number of halogens is 20. The van der Waals surface area contributed by atoms with Crippen molar-refractivity contribution in [1.29, 1.82) is 0 Å². The highest BCUT2D eigenvalue weighted by molar-refractivity contribution is 7.20. The SMILES string of the molecule is CC[N+]([BH2-][N+](CC)(CC)CC)(CC)CC.Fc1c(F)c(F)c([B-](c2c(F)c(F)c(F)c(F)c2F)(c2c(F)c(F)c(F)c(F)c2F)c2c(F)c(F)c(F)c(F)c2F)c(F)c1F. The van der Waals surface area contributed by atoms with E-state index in [4.69, 9.17) is 0 Å². The zero-order valence-corrected chi connectivity index (χ0v) is 32.3. The zero-order chi connectivity index (χ0) is 46.3. The standard InChI is InChI=1S/C24BF20.C12H32BN2/c26-5-1(6(27)14(35)21(42)13(5)34)25(2-7(28)15(36)22(43)16(37)8(2)29,3-9(30)17(38)23(44)18(39)10(3)31)4-11(32)19(40)24(45)20(41)12(4)33;1-7-14(8-2,9-3)13-15(10-4,11-5)12-6/h;7-13H2,1-6H3/q-1;+1. The molecule has 0 unspecified atom stereocenters. The number of quaternary nitrogens is 2. The first kappa shape index (κ1) is 49.9. The molecular formula is C36H32B2F20N2. The van der Waals surface area contributed by atoms with Gasteiger partial charge in [0.05, 0.1) is 0 Å². The van der Waals surface area contributed by atoms with Crippen LogP contribution >= 0.6 is 0 Å². The van der Waals surface area contributed by atoms with Crippen LogP contribution in [-0.4, -0.2) is 61.8 Å². The van der Waals surface area contributed by atoms with E-state index in [2.05, 4.69) is 41.5 Å². The van der Waals surface area contributed by atoms with Crippen LogP contribution in [0.25, 0.3) is 0 Å². The lowest BCUT2D eigenvalue weighted by Crippen LogP contribution is -2.81. The van der Waals surface area contributed by atoms with Gasteiger partial charge in [-0.1, -0.05) is 0 Å². The summed E-state index contributed by atoms with van der Waals surface area (Å²) in [6, 6.07) is 0. The van der Waals surface area contributed by atoms with Crippen LogP contribution in [0.2, 0.25) is 0 Å². The summed E-state index contributed by atoms with van der Waals surface area (Å²) < 4.78 is 297. The van der Waals surface area contributed by atoms with E-state index in [0.29, 0.717) is 0 Å². The second-order valence-electron chi connectivity index (χ2n) is 14.1. The van der Waals surface area contributed by atoms with Crippen molar-refractivity contribution in [3.8, 4) is 0 Å². The quantitative estimate of drug-likeness (QED) is 0.0596. The molecule has 0 spiro atoms. The highest BCUT2D eigenvalue weighted by atomic mass is 19.2. The monoisotopic (exact) mass is 894 g/mol. The smallest absolute Gasteiger partial charge is 0.387 e. The molecule has 0 saturated carbocycles. The largest absolute Gasteiger partial charge is 0.466 e. The molecule has 0 aliphatic rings. The molecule has 0 saturated heterocycles. The molecule has 4 rings (SSSR count). The number of benzene rings is 4. The van der Waals surface area contributed by atoms with Crippen molar-refractivity contribution in [2.75, 3.05) is 39.3 Å². The van der Waals surface area contributed by atoms with Crippen LogP contribution < -0.4 is 21.9 Å². The Bertz CT molecular complexity index is 1880. The predicted molar refractivity (Wildman–Crippen MR) is 182 cm³/mol. The molecule has 4 aromatic rings. The predicted octanol–water partition coefficient (Wildman–Crippen LogP) is 7.58. The minimum absolute atomic E-state index is 0.0417. The van der Waals surface area contributed by atoms with Crippen LogP contribution in [0.3, 0.4) is 0 Å². The fourth-order valence-electron chi connectivity index (χ4n) is 7.96. The van der Waals surface area contributed by atoms with Crippen molar-refractivity contribution in [3.63, 3.8) is 0 Å². The molecule has 4 aromatic carbocycles. The van der Waals surface area contributed by atoms with E-state index in [1.807, 2.05) is 0 Å². The molecule has 0 N–H and O–H groups in total. The van der Waals surface area contributed by atoms with Gasteiger partial charge >= 0.3 is 7.55 Å². The van der Waals surface area contributed by atoms with Gasteiger partial charge in [0.2, 0.25) is 0 Å². The third-order valence-corrected chi connectivity index (χ3v) is 12.1. The van der Waals surface area contributed by atoms with Gasteiger partial charge in [-0.05, 0) is 41.5 Å². The third kappa shape index (κ3) is 7.59. The van der Waals surface area contributed by atoms with Gasteiger partial charge in [-0.2, -0.15) is 0 Å². The first-order valence-electron chi connectivity index (χ1n) is 18.0. The molecule has 0 heterocycles. The number of hydrogen-bond acceptors (Lipinski definition) is 0. The molecule has 0 aromatic heterocycles. The molecule has 60 heavy (non-hydrogen) atoms. The fourth-order valence-corrected chi connectivity index (χ4v) is 7.96. The Kier molecular flexibility index (Phi) is 15.2. The summed E-state index contributed by atoms with van der Waals surface area (Å²) in [7, 11) is 0.0417. The summed E-state index contributed by atoms with van der Waals surface area (Å²) in [5, 5.41) is 0. The van der Waals surface area contributed by atoms with Crippen LogP contribution in [-0.2, 0) is 0 Å². The van der Waals surface area contributed by atoms with E-state index in [1.54, 1.807) is 0 Å². The highest BCUT2D eigenvalue weighted by Crippen LogP contribution is 2.31. The van der Waals surface area contributed by atoms with Crippen LogP contribution in [0.1, 0.15) is 41.5 Å². The normalized spacial score (nSPS) is 12.3. The molecule has 0 aliphatic carbocycles. The summed E-state index contributed by atoms with van der Waals surface area (Å²) >= 11 is 0. The maximum absolute atomic E-state index is 15.4. The van der Waals surface area contributed by atoms with Gasteiger partial charge in [-0.25, -0.2) is 87.8 Å². The summed E-state index contributed by atoms with van der Waals surface area (Å²) in [4.78, 5) is 0. The Morgan fingerprint density at radius 1 is 0.250 bits per heavy atom. The maximum atomic E-state index is 15.4. The van der Waals surface area contributed by atoms with Crippen molar-refractivity contribution < 1.29 is 96.6 Å². The van der Waals surface area contributed by atoms with E-state index in [0.717, 1.165) is 0 Å². The second kappa shape index (κ2) is 18.3. The highest BCUT2D eigenvalue weighted by Gasteiger charge is 2.52. The molecule has 0 radical (unpaired) electrons. The van der Waals surface area contributed by atoms with Gasteiger partial charge in [-0.3, -0.25) is 0 Å². The third-order valence-electron chi connectivity index (χ3n) is 12.1. The summed E-state index contributed by atoms with van der Waals surface area (Å²) in [6.07, 6.45) is -7.22. The summed E-state index contributed by atoms with van der Waals surface area (Å²) in [5.74, 6) is -71.4. The van der Waals surface area contributed by atoms with E-state index in [1.165, 1.54) is 48.1 Å². The lowest BCUT2D eigenvalue weighted by Gasteiger charge is -2.53. The minimum atomic E-state index is -7.22. The van der Waals surface area contributed by atoms with Crippen LogP contribution in [0.5, 0.6) is 0 Å². The molecule has 0 amide bonds. The van der Waals surface area contributed by atoms with E-state index in [-0.39, 0.29) is 7.55 Å². The first-order valence-corrected chi connectivity index (χ1v) is 18.0. The zero-order valence-electron chi connectivity index (χ0n) is 32.3. The van der Waals surface area contributed by atoms with Gasteiger partial charge < -0.3 is 8.79 Å². The molecule has 2 nitrogen and oxygen atoms in total. The average molecular weight is 894 g/mol. The Balaban J connectivity index is 0.000000544. The van der Waals surface area contributed by atoms with Crippen molar-refractivity contribution in [2.24, 2.45) is 0 Å². The van der Waals surface area contributed by atoms with Gasteiger partial charge in [0, 0.05) is 39.3 Å². The molecule has 0 atom stereocenters. The maximum Gasteiger partial charge on any atom is 0.387 e. The van der Waals surface area contributed by atoms with Crippen molar-refractivity contribution >= 4 is 35.5 Å². The number of nitrogens with zero attached hydrogens (tertiary/aromatic N) is 2. The van der Waals surface area contributed by atoms with Gasteiger partial charge in [0.15, 0.2) is 69.8 Å². The Morgan fingerprint density at radius 3 is 0.483 bits per heavy atom. The molecule has 332 valence electrons. The van der Waals surface area contributed by atoms with Crippen molar-refractivity contribution in [2.45, 2.75) is 41.5 Å². The second-order valence-corrected chi connectivity index (χ2v) is 14.1. The van der Waals surface area contributed by atoms with Gasteiger partial charge in [0.1, 0.15) is 52.7 Å². The first-order chi connectivity index (χ1) is 27.8. The van der Waals surface area contributed by atoms with Crippen LogP contribution in [0.15, 0.2) is 0 Å². The van der Waals surface area contributed by atoms with Crippen molar-refractivity contribution in [1.82, 2.24) is 0 Å². The Labute approximate surface area is 329 Å². The Hall–Kier alpha value is -4.47. The summed E-state index contributed by atoms with van der Waals surface area (Å²) in [6.45, 7) is 22.2. The molecule has 24 heteroatoms. The lowest BCUT2D eigenvalue weighted by molar-refractivity contribution is -0.924. The van der Waals surface area contributed by atoms with Crippen LogP contribution in [0.4, 0.5) is 87.8 Å². The molecule has 0 fully saturated rings. The van der Waals surface area contributed by atoms with Gasteiger partial charge in [0.25, 0.3) is 0 Å². The Morgan fingerprint density at radius 2 is 0.367 bits per heavy atom. The fraction of sp³-hybridized carbons (Fsp3) is 0.333. The summed E-state index contributed by atoms with van der Waals surface area (Å²) in [5.41, 5.74) is -14.3. The number of hydrogen-bond donors (Lipinski definition) is 0. The number of rotatable bonds is 12. The van der Waals surface area contributed by atoms with E-state index in [9.17, 15) is 52.7 Å². The van der Waals surface area contributed by atoms with Crippen molar-refractivity contribution in [3.05, 3.63) is 116 Å². The van der Waals surface area contributed by atoms with E-state index >= 15 is 35.1 Å². The molecule has 0 aliphatic heterocycles. The van der Waals surface area contributed by atoms with E-state index < -0.39 is 144 Å². The van der Waals surface area contributed by atoms with Crippen LogP contribution in [0, 0.1) is 116 Å². The van der Waals surface area contributed by atoms with Gasteiger partial charge in [-0.15, -0.1) is 21.9 Å². The average Bonchev–Trinajstić information content (AvgIpc) is 3.24. The molecular weight excluding hydrogens is 862 g/mol. The topological polar surface area (TPSA) is 0 Å². The lowest BCUT2D eigenvalue weighted by atomic mass is 9.12. The minimum Gasteiger partial charge on any atom is -0.466 e. The molecule has 0 bridgehead atoms.